The van der Waals surface area contributed by atoms with Gasteiger partial charge in [-0.25, -0.2) is 13.1 Å². The van der Waals surface area contributed by atoms with E-state index < -0.39 is 10.0 Å². The molecular weight excluding hydrogens is 412 g/mol. The minimum atomic E-state index is -3.61. The van der Waals surface area contributed by atoms with Crippen LogP contribution in [-0.4, -0.2) is 59.0 Å². The number of anilines is 2. The second-order valence-corrected chi connectivity index (χ2v) is 10.3. The topological polar surface area (TPSA) is 81.8 Å². The van der Waals surface area contributed by atoms with Gasteiger partial charge in [0.05, 0.1) is 4.90 Å². The van der Waals surface area contributed by atoms with Crippen molar-refractivity contribution in [3.63, 3.8) is 0 Å². The van der Waals surface area contributed by atoms with E-state index in [1.807, 2.05) is 19.1 Å². The van der Waals surface area contributed by atoms with Gasteiger partial charge in [-0.1, -0.05) is 6.07 Å². The Hall–Kier alpha value is -2.42. The summed E-state index contributed by atoms with van der Waals surface area (Å²) >= 11 is 0. The number of nitrogens with one attached hydrogen (secondary N) is 2. The van der Waals surface area contributed by atoms with E-state index in [9.17, 15) is 13.2 Å². The number of carbonyl (C=O) groups is 1. The van der Waals surface area contributed by atoms with Crippen molar-refractivity contribution in [1.82, 2.24) is 9.62 Å². The largest absolute Gasteiger partial charge is 0.369 e. The van der Waals surface area contributed by atoms with Gasteiger partial charge in [0.1, 0.15) is 0 Å². The molecule has 2 aromatic carbocycles. The lowest BCUT2D eigenvalue weighted by Gasteiger charge is -2.34. The molecule has 2 aromatic rings. The number of benzene rings is 2. The Labute approximate surface area is 184 Å². The first kappa shape index (κ1) is 21.8. The number of amides is 1. The summed E-state index contributed by atoms with van der Waals surface area (Å²) in [5, 5.41) is 2.92. The molecule has 8 heteroatoms. The third-order valence-corrected chi connectivity index (χ3v) is 7.41. The SMILES string of the molecule is Cc1cc(N2CCN(C)CC2)ccc1NC(=O)c1cccc(S(=O)(=O)NCC2CC2)c1. The Morgan fingerprint density at radius 3 is 2.48 bits per heavy atom. The van der Waals surface area contributed by atoms with Gasteiger partial charge in [-0.05, 0) is 74.7 Å². The zero-order chi connectivity index (χ0) is 22.0. The average Bonchev–Trinajstić information content (AvgIpc) is 3.59. The Morgan fingerprint density at radius 1 is 1.06 bits per heavy atom. The number of carbonyl (C=O) groups excluding carboxylic acids is 1. The lowest BCUT2D eigenvalue weighted by atomic mass is 10.1. The molecule has 166 valence electrons. The summed E-state index contributed by atoms with van der Waals surface area (Å²) in [5.41, 5.74) is 3.16. The van der Waals surface area contributed by atoms with Crippen LogP contribution in [0.15, 0.2) is 47.4 Å². The summed E-state index contributed by atoms with van der Waals surface area (Å²) in [6.45, 7) is 6.46. The molecule has 2 N–H and O–H groups in total. The van der Waals surface area contributed by atoms with E-state index in [1.54, 1.807) is 12.1 Å². The van der Waals surface area contributed by atoms with Crippen LogP contribution in [0.2, 0.25) is 0 Å². The van der Waals surface area contributed by atoms with Crippen molar-refractivity contribution in [3.05, 3.63) is 53.6 Å². The van der Waals surface area contributed by atoms with E-state index in [1.165, 1.54) is 12.1 Å². The van der Waals surface area contributed by atoms with Crippen LogP contribution in [0.25, 0.3) is 0 Å². The second kappa shape index (κ2) is 8.98. The molecule has 1 saturated carbocycles. The quantitative estimate of drug-likeness (QED) is 0.689. The number of rotatable bonds is 7. The molecule has 0 spiro atoms. The Bertz CT molecular complexity index is 1060. The van der Waals surface area contributed by atoms with Crippen LogP contribution in [0, 0.1) is 12.8 Å². The van der Waals surface area contributed by atoms with Crippen LogP contribution in [0.1, 0.15) is 28.8 Å². The number of piperazine rings is 1. The maximum atomic E-state index is 12.8. The van der Waals surface area contributed by atoms with E-state index in [2.05, 4.69) is 33.0 Å². The van der Waals surface area contributed by atoms with E-state index >= 15 is 0 Å². The molecule has 31 heavy (non-hydrogen) atoms. The van der Waals surface area contributed by atoms with Crippen molar-refractivity contribution in [2.24, 2.45) is 5.92 Å². The first-order valence-electron chi connectivity index (χ1n) is 10.8. The van der Waals surface area contributed by atoms with Crippen LogP contribution in [-0.2, 0) is 10.0 Å². The molecular formula is C23H30N4O3S. The summed E-state index contributed by atoms with van der Waals surface area (Å²) in [5.74, 6) is 0.118. The molecule has 2 aliphatic rings. The third kappa shape index (κ3) is 5.44. The molecule has 1 heterocycles. The van der Waals surface area contributed by atoms with Gasteiger partial charge >= 0.3 is 0 Å². The number of hydrogen-bond acceptors (Lipinski definition) is 5. The minimum Gasteiger partial charge on any atom is -0.369 e. The van der Waals surface area contributed by atoms with Crippen molar-refractivity contribution in [3.8, 4) is 0 Å². The Balaban J connectivity index is 1.44. The van der Waals surface area contributed by atoms with Crippen LogP contribution >= 0.6 is 0 Å². The average molecular weight is 443 g/mol. The molecule has 0 aromatic heterocycles. The summed E-state index contributed by atoms with van der Waals surface area (Å²) in [6, 6.07) is 12.2. The predicted octanol–water partition coefficient (Wildman–Crippen LogP) is 2.69. The molecule has 0 bridgehead atoms. The minimum absolute atomic E-state index is 0.114. The lowest BCUT2D eigenvalue weighted by Crippen LogP contribution is -2.44. The standard InChI is InChI=1S/C23H30N4O3S/c1-17-14-20(27-12-10-26(2)11-13-27)8-9-22(17)25-23(28)19-4-3-5-21(15-19)31(29,30)24-16-18-6-7-18/h3-5,8-9,14-15,18,24H,6-7,10-13,16H2,1-2H3,(H,25,28). The molecule has 1 saturated heterocycles. The zero-order valence-corrected chi connectivity index (χ0v) is 18.9. The molecule has 0 unspecified atom stereocenters. The first-order valence-corrected chi connectivity index (χ1v) is 12.3. The van der Waals surface area contributed by atoms with E-state index in [0.717, 1.165) is 56.0 Å². The molecule has 0 atom stereocenters. The summed E-state index contributed by atoms with van der Waals surface area (Å²) < 4.78 is 27.7. The number of aryl methyl sites for hydroxylation is 1. The van der Waals surface area contributed by atoms with E-state index in [0.29, 0.717) is 18.0 Å². The van der Waals surface area contributed by atoms with Crippen molar-refractivity contribution in [2.75, 3.05) is 50.0 Å². The fourth-order valence-electron chi connectivity index (χ4n) is 3.68. The number of hydrogen-bond donors (Lipinski definition) is 2. The van der Waals surface area contributed by atoms with Crippen molar-refractivity contribution < 1.29 is 13.2 Å². The van der Waals surface area contributed by atoms with Crippen molar-refractivity contribution in [1.29, 1.82) is 0 Å². The van der Waals surface area contributed by atoms with Gasteiger partial charge in [-0.15, -0.1) is 0 Å². The highest BCUT2D eigenvalue weighted by atomic mass is 32.2. The molecule has 4 rings (SSSR count). The van der Waals surface area contributed by atoms with Crippen LogP contribution < -0.4 is 14.9 Å². The summed E-state index contributed by atoms with van der Waals surface area (Å²) in [7, 11) is -1.48. The molecule has 2 fully saturated rings. The van der Waals surface area contributed by atoms with Crippen LogP contribution in [0.4, 0.5) is 11.4 Å². The van der Waals surface area contributed by atoms with Gasteiger partial charge in [-0.2, -0.15) is 0 Å². The molecule has 1 amide bonds. The lowest BCUT2D eigenvalue weighted by molar-refractivity contribution is 0.102. The predicted molar refractivity (Wildman–Crippen MR) is 123 cm³/mol. The number of sulfonamides is 1. The molecule has 1 aliphatic heterocycles. The summed E-state index contributed by atoms with van der Waals surface area (Å²) in [4.78, 5) is 17.6. The maximum Gasteiger partial charge on any atom is 0.255 e. The van der Waals surface area contributed by atoms with Crippen LogP contribution in [0.5, 0.6) is 0 Å². The van der Waals surface area contributed by atoms with Gasteiger partial charge in [0.15, 0.2) is 0 Å². The van der Waals surface area contributed by atoms with Gasteiger partial charge in [-0.3, -0.25) is 4.79 Å². The monoisotopic (exact) mass is 442 g/mol. The van der Waals surface area contributed by atoms with Crippen LogP contribution in [0.3, 0.4) is 0 Å². The smallest absolute Gasteiger partial charge is 0.255 e. The fourth-order valence-corrected chi connectivity index (χ4v) is 4.84. The number of likely N-dealkylation sites (N-methyl/N-ethyl adjacent to an activating group) is 1. The molecule has 7 nitrogen and oxygen atoms in total. The van der Waals surface area contributed by atoms with Gasteiger partial charge in [0.25, 0.3) is 5.91 Å². The first-order chi connectivity index (χ1) is 14.8. The summed E-state index contributed by atoms with van der Waals surface area (Å²) in [6.07, 6.45) is 2.13. The normalized spacial score (nSPS) is 17.5. The highest BCUT2D eigenvalue weighted by Gasteiger charge is 2.24. The Kier molecular flexibility index (Phi) is 6.31. The van der Waals surface area contributed by atoms with E-state index in [-0.39, 0.29) is 10.8 Å². The van der Waals surface area contributed by atoms with Crippen molar-refractivity contribution >= 4 is 27.3 Å². The van der Waals surface area contributed by atoms with Gasteiger partial charge in [0.2, 0.25) is 10.0 Å². The Morgan fingerprint density at radius 2 is 1.81 bits per heavy atom. The highest BCUT2D eigenvalue weighted by molar-refractivity contribution is 7.89. The van der Waals surface area contributed by atoms with Crippen molar-refractivity contribution in [2.45, 2.75) is 24.7 Å². The highest BCUT2D eigenvalue weighted by Crippen LogP contribution is 2.28. The maximum absolute atomic E-state index is 12.8. The zero-order valence-electron chi connectivity index (χ0n) is 18.1. The van der Waals surface area contributed by atoms with Gasteiger partial charge < -0.3 is 15.1 Å². The fraction of sp³-hybridized carbons (Fsp3) is 0.435. The van der Waals surface area contributed by atoms with E-state index in [4.69, 9.17) is 0 Å². The molecule has 1 aliphatic carbocycles. The second-order valence-electron chi connectivity index (χ2n) is 8.57. The van der Waals surface area contributed by atoms with Gasteiger partial charge in [0, 0.05) is 49.7 Å². The third-order valence-electron chi connectivity index (χ3n) is 5.99. The molecule has 0 radical (unpaired) electrons. The number of nitrogens with zero attached hydrogens (tertiary/aromatic N) is 2.